The van der Waals surface area contributed by atoms with E-state index in [1.165, 1.54) is 0 Å². The zero-order chi connectivity index (χ0) is 49.1. The van der Waals surface area contributed by atoms with Crippen molar-refractivity contribution in [3.8, 4) is 11.1 Å². The smallest absolute Gasteiger partial charge is 0.407 e. The van der Waals surface area contributed by atoms with Gasteiger partial charge in [0.2, 0.25) is 0 Å². The standard InChI is InChI=1S/C44H51NO22/c1-20(46)56-18-33-35(60-22(3)48)37(61-23(4)49)40(64-26(7)52)43(66-33)67-36-34(19-57-21(2)47)65-42(39(63-25(6)51)38(36)62-24(5)50)58-17-32(41(53)54)45-44(55)59-16-31-29-14-10-8-12-27(29)28-13-9-11-15-30(28)31/h8-15,31-40,42-43H,16-19H2,1-7H3,(H,45,55)(H,53,54)/t32-,33+,34+,35+,36+,37-,38-,39+,40+,42+,43-/m0/s1. The topological polar surface area (TPSA) is 297 Å². The third kappa shape index (κ3) is 13.7. The molecule has 0 unspecified atom stereocenters. The lowest BCUT2D eigenvalue weighted by Gasteiger charge is -2.48. The summed E-state index contributed by atoms with van der Waals surface area (Å²) in [6, 6.07) is 13.3. The van der Waals surface area contributed by atoms with E-state index in [2.05, 4.69) is 5.32 Å². The van der Waals surface area contributed by atoms with Gasteiger partial charge in [0.25, 0.3) is 0 Å². The van der Waals surface area contributed by atoms with Crippen LogP contribution in [0.15, 0.2) is 48.5 Å². The predicted octanol–water partition coefficient (Wildman–Crippen LogP) is 1.61. The molecule has 2 saturated heterocycles. The fraction of sp³-hybridized carbons (Fsp3) is 0.523. The number of aliphatic carboxylic acids is 1. The van der Waals surface area contributed by atoms with E-state index in [-0.39, 0.29) is 12.5 Å². The highest BCUT2D eigenvalue weighted by molar-refractivity contribution is 5.81. The maximum absolute atomic E-state index is 13.2. The van der Waals surface area contributed by atoms with Crippen LogP contribution in [-0.4, -0.2) is 153 Å². The third-order valence-electron chi connectivity index (χ3n) is 10.2. The molecule has 23 nitrogen and oxygen atoms in total. The minimum absolute atomic E-state index is 0.157. The van der Waals surface area contributed by atoms with E-state index in [0.29, 0.717) is 0 Å². The van der Waals surface area contributed by atoms with E-state index in [1.54, 1.807) is 0 Å². The molecule has 2 fully saturated rings. The fourth-order valence-electron chi connectivity index (χ4n) is 7.75. The number of hydrogen-bond acceptors (Lipinski definition) is 21. The van der Waals surface area contributed by atoms with Gasteiger partial charge in [0.05, 0.1) is 6.61 Å². The Bertz CT molecular complexity index is 2130. The Morgan fingerprint density at radius 3 is 1.42 bits per heavy atom. The van der Waals surface area contributed by atoms with Crippen LogP contribution in [0, 0.1) is 0 Å². The molecule has 11 atom stereocenters. The maximum atomic E-state index is 13.2. The largest absolute Gasteiger partial charge is 0.480 e. The lowest BCUT2D eigenvalue weighted by molar-refractivity contribution is -0.361. The molecule has 3 aliphatic rings. The van der Waals surface area contributed by atoms with Gasteiger partial charge in [0.1, 0.15) is 38.1 Å². The number of ether oxygens (including phenoxy) is 12. The van der Waals surface area contributed by atoms with Crippen LogP contribution < -0.4 is 5.32 Å². The normalized spacial score (nSPS) is 25.7. The second-order valence-electron chi connectivity index (χ2n) is 15.4. The summed E-state index contributed by atoms with van der Waals surface area (Å²) in [4.78, 5) is 112. The first-order valence-electron chi connectivity index (χ1n) is 20.8. The molecule has 0 spiro atoms. The highest BCUT2D eigenvalue weighted by atomic mass is 16.8. The molecule has 0 aromatic heterocycles. The highest BCUT2D eigenvalue weighted by Gasteiger charge is 2.58. The number of esters is 7. The molecular formula is C44H51NO22. The molecule has 2 aliphatic heterocycles. The summed E-state index contributed by atoms with van der Waals surface area (Å²) in [5.74, 6) is -8.47. The van der Waals surface area contributed by atoms with Crippen molar-refractivity contribution in [2.75, 3.05) is 26.4 Å². The summed E-state index contributed by atoms with van der Waals surface area (Å²) in [5.41, 5.74) is 3.73. The molecule has 0 bridgehead atoms. The average molecular weight is 946 g/mol. The van der Waals surface area contributed by atoms with Gasteiger partial charge < -0.3 is 67.3 Å². The van der Waals surface area contributed by atoms with Gasteiger partial charge in [-0.3, -0.25) is 33.6 Å². The number of carboxylic acids is 1. The van der Waals surface area contributed by atoms with E-state index >= 15 is 0 Å². The molecule has 364 valence electrons. The first-order chi connectivity index (χ1) is 31.7. The Morgan fingerprint density at radius 2 is 0.940 bits per heavy atom. The number of hydrogen-bond donors (Lipinski definition) is 2. The number of carbonyl (C=O) groups excluding carboxylic acids is 8. The summed E-state index contributed by atoms with van der Waals surface area (Å²) in [6.07, 6.45) is -18.6. The Hall–Kier alpha value is -6.69. The van der Waals surface area contributed by atoms with Gasteiger partial charge in [-0.15, -0.1) is 0 Å². The number of benzene rings is 2. The van der Waals surface area contributed by atoms with Gasteiger partial charge in [0, 0.05) is 54.4 Å². The van der Waals surface area contributed by atoms with Crippen molar-refractivity contribution in [3.63, 3.8) is 0 Å². The Morgan fingerprint density at radius 1 is 0.522 bits per heavy atom. The SMILES string of the molecule is CC(=O)OC[C@H]1O[C@@H](O[C@H]2[C@H](OC(C)=O)[C@@H](OC(C)=O)[C@H](OC[C@H](NC(=O)OCC3c4ccccc4-c4ccccc43)C(=O)O)O[C@@H]2COC(C)=O)[C@H](OC(C)=O)[C@@H](OC(C)=O)[C@@H]1OC(C)=O. The highest BCUT2D eigenvalue weighted by Crippen LogP contribution is 2.44. The van der Waals surface area contributed by atoms with Crippen LogP contribution in [0.1, 0.15) is 65.5 Å². The number of carbonyl (C=O) groups is 9. The number of amides is 1. The number of rotatable bonds is 18. The molecule has 2 aromatic rings. The number of carboxylic acid groups (broad SMARTS) is 1. The van der Waals surface area contributed by atoms with Crippen molar-refractivity contribution in [3.05, 3.63) is 59.7 Å². The molecule has 5 rings (SSSR count). The van der Waals surface area contributed by atoms with Crippen LogP contribution >= 0.6 is 0 Å². The minimum atomic E-state index is -1.93. The van der Waals surface area contributed by atoms with Gasteiger partial charge in [-0.05, 0) is 22.3 Å². The molecule has 1 amide bonds. The van der Waals surface area contributed by atoms with Gasteiger partial charge in [0.15, 0.2) is 49.1 Å². The lowest BCUT2D eigenvalue weighted by Crippen LogP contribution is -2.67. The second-order valence-corrected chi connectivity index (χ2v) is 15.4. The summed E-state index contributed by atoms with van der Waals surface area (Å²) in [7, 11) is 0. The summed E-state index contributed by atoms with van der Waals surface area (Å²) in [5, 5.41) is 12.4. The van der Waals surface area contributed by atoms with Crippen molar-refractivity contribution in [1.29, 1.82) is 0 Å². The molecule has 0 radical (unpaired) electrons. The molecular weight excluding hydrogens is 894 g/mol. The minimum Gasteiger partial charge on any atom is -0.480 e. The Labute approximate surface area is 382 Å². The first kappa shape index (κ1) is 51.3. The molecule has 2 heterocycles. The van der Waals surface area contributed by atoms with Crippen molar-refractivity contribution in [1.82, 2.24) is 5.32 Å². The van der Waals surface area contributed by atoms with Gasteiger partial charge >= 0.3 is 53.8 Å². The average Bonchev–Trinajstić information content (AvgIpc) is 3.56. The second kappa shape index (κ2) is 23.2. The number of alkyl carbamates (subject to hydrolysis) is 1. The van der Waals surface area contributed by atoms with Crippen LogP contribution in [0.25, 0.3) is 11.1 Å². The summed E-state index contributed by atoms with van der Waals surface area (Å²) in [6.45, 7) is 4.63. The van der Waals surface area contributed by atoms with Crippen LogP contribution in [0.2, 0.25) is 0 Å². The number of nitrogens with one attached hydrogen (secondary N) is 1. The monoisotopic (exact) mass is 945 g/mol. The van der Waals surface area contributed by atoms with Gasteiger partial charge in [-0.25, -0.2) is 9.59 Å². The van der Waals surface area contributed by atoms with Crippen molar-refractivity contribution in [2.45, 2.75) is 122 Å². The molecule has 2 N–H and O–H groups in total. The molecule has 67 heavy (non-hydrogen) atoms. The van der Waals surface area contributed by atoms with Crippen LogP contribution in [0.5, 0.6) is 0 Å². The van der Waals surface area contributed by atoms with Crippen molar-refractivity contribution < 1.29 is 105 Å². The van der Waals surface area contributed by atoms with E-state index in [4.69, 9.17) is 56.8 Å². The maximum Gasteiger partial charge on any atom is 0.407 e. The molecule has 1 aliphatic carbocycles. The van der Waals surface area contributed by atoms with E-state index in [1.807, 2.05) is 48.5 Å². The zero-order valence-electron chi connectivity index (χ0n) is 37.4. The van der Waals surface area contributed by atoms with Crippen LogP contribution in [0.4, 0.5) is 4.79 Å². The van der Waals surface area contributed by atoms with E-state index < -0.39 is 141 Å². The molecule has 0 saturated carbocycles. The van der Waals surface area contributed by atoms with Crippen molar-refractivity contribution in [2.24, 2.45) is 0 Å². The van der Waals surface area contributed by atoms with Crippen molar-refractivity contribution >= 4 is 53.8 Å². The fourth-order valence-corrected chi connectivity index (χ4v) is 7.75. The Balaban J connectivity index is 1.43. The zero-order valence-corrected chi connectivity index (χ0v) is 37.4. The first-order valence-corrected chi connectivity index (χ1v) is 20.8. The lowest BCUT2D eigenvalue weighted by atomic mass is 9.96. The molecule has 23 heteroatoms. The summed E-state index contributed by atoms with van der Waals surface area (Å²) >= 11 is 0. The summed E-state index contributed by atoms with van der Waals surface area (Å²) < 4.78 is 67.7. The van der Waals surface area contributed by atoms with Crippen LogP contribution in [-0.2, 0) is 95.2 Å². The number of fused-ring (bicyclic) bond motifs is 3. The van der Waals surface area contributed by atoms with Gasteiger partial charge in [-0.2, -0.15) is 0 Å². The van der Waals surface area contributed by atoms with E-state index in [0.717, 1.165) is 70.7 Å². The molecule has 2 aromatic carbocycles. The van der Waals surface area contributed by atoms with E-state index in [9.17, 15) is 48.3 Å². The van der Waals surface area contributed by atoms with Crippen LogP contribution in [0.3, 0.4) is 0 Å². The Kier molecular flexibility index (Phi) is 17.7. The predicted molar refractivity (Wildman–Crippen MR) is 219 cm³/mol. The third-order valence-corrected chi connectivity index (χ3v) is 10.2. The quantitative estimate of drug-likeness (QED) is 0.158. The van der Waals surface area contributed by atoms with Gasteiger partial charge in [-0.1, -0.05) is 48.5 Å².